The predicted molar refractivity (Wildman–Crippen MR) is 115 cm³/mol. The highest BCUT2D eigenvalue weighted by atomic mass is 19.4. The summed E-state index contributed by atoms with van der Waals surface area (Å²) in [4.78, 5) is 21.8. The first-order valence-electron chi connectivity index (χ1n) is 10.6. The van der Waals surface area contributed by atoms with Crippen molar-refractivity contribution in [1.82, 2.24) is 15.3 Å². The van der Waals surface area contributed by atoms with E-state index in [1.807, 2.05) is 31.1 Å². The monoisotopic (exact) mass is 489 g/mol. The van der Waals surface area contributed by atoms with Crippen LogP contribution in [0.1, 0.15) is 47.6 Å². The van der Waals surface area contributed by atoms with Crippen LogP contribution < -0.4 is 15.1 Å². The number of nitrogens with one attached hydrogen (secondary N) is 1. The van der Waals surface area contributed by atoms with E-state index < -0.39 is 29.7 Å². The summed E-state index contributed by atoms with van der Waals surface area (Å²) in [6.07, 6.45) is -8.16. The lowest BCUT2D eigenvalue weighted by atomic mass is 9.90. The number of halogens is 6. The summed E-state index contributed by atoms with van der Waals surface area (Å²) in [6.45, 7) is 0. The van der Waals surface area contributed by atoms with Crippen molar-refractivity contribution in [2.45, 2.75) is 50.1 Å². The molecular weight excluding hydrogens is 464 g/mol. The quantitative estimate of drug-likeness (QED) is 0.614. The van der Waals surface area contributed by atoms with Gasteiger partial charge in [0, 0.05) is 50.5 Å². The minimum absolute atomic E-state index is 0.146. The van der Waals surface area contributed by atoms with E-state index in [0.717, 1.165) is 5.69 Å². The number of alkyl halides is 6. The normalized spacial score (nSPS) is 19.0. The first kappa shape index (κ1) is 25.6. The van der Waals surface area contributed by atoms with E-state index in [-0.39, 0.29) is 18.0 Å². The highest BCUT2D eigenvalue weighted by Gasteiger charge is 2.41. The number of rotatable bonds is 5. The maximum absolute atomic E-state index is 13.1. The molecule has 1 amide bonds. The van der Waals surface area contributed by atoms with E-state index in [1.54, 1.807) is 12.1 Å². The van der Waals surface area contributed by atoms with Gasteiger partial charge in [0.1, 0.15) is 5.82 Å². The van der Waals surface area contributed by atoms with Crippen LogP contribution >= 0.6 is 0 Å². The van der Waals surface area contributed by atoms with Gasteiger partial charge in [0.2, 0.25) is 5.82 Å². The van der Waals surface area contributed by atoms with Crippen molar-refractivity contribution in [3.05, 3.63) is 47.4 Å². The average Bonchev–Trinajstić information content (AvgIpc) is 2.77. The van der Waals surface area contributed by atoms with E-state index in [9.17, 15) is 31.1 Å². The van der Waals surface area contributed by atoms with E-state index in [2.05, 4.69) is 15.3 Å². The molecule has 0 spiro atoms. The van der Waals surface area contributed by atoms with Crippen molar-refractivity contribution in [3.63, 3.8) is 0 Å². The number of anilines is 2. The third-order valence-electron chi connectivity index (χ3n) is 5.84. The van der Waals surface area contributed by atoms with Gasteiger partial charge in [-0.25, -0.2) is 9.97 Å². The molecule has 1 N–H and O–H groups in total. The molecular formula is C22H25F6N5O. The molecule has 1 aliphatic rings. The van der Waals surface area contributed by atoms with Crippen LogP contribution in [0.25, 0.3) is 0 Å². The highest BCUT2D eigenvalue weighted by Crippen LogP contribution is 2.35. The van der Waals surface area contributed by atoms with Crippen LogP contribution in [0, 0.1) is 0 Å². The zero-order chi connectivity index (χ0) is 25.3. The van der Waals surface area contributed by atoms with Gasteiger partial charge in [-0.15, -0.1) is 0 Å². The second kappa shape index (κ2) is 9.67. The van der Waals surface area contributed by atoms with Crippen LogP contribution in [0.3, 0.4) is 0 Å². The van der Waals surface area contributed by atoms with Crippen LogP contribution in [0.5, 0.6) is 0 Å². The molecule has 186 valence electrons. The lowest BCUT2D eigenvalue weighted by molar-refractivity contribution is -0.152. The molecule has 1 aromatic carbocycles. The molecule has 3 rings (SSSR count). The van der Waals surface area contributed by atoms with Gasteiger partial charge in [-0.3, -0.25) is 4.79 Å². The Bertz CT molecular complexity index is 966. The van der Waals surface area contributed by atoms with Crippen LogP contribution in [0.2, 0.25) is 0 Å². The Balaban J connectivity index is 1.65. The molecule has 1 saturated carbocycles. The molecule has 1 aromatic heterocycles. The fraction of sp³-hybridized carbons (Fsp3) is 0.500. The molecule has 1 heterocycles. The third-order valence-corrected chi connectivity index (χ3v) is 5.84. The Kier molecular flexibility index (Phi) is 7.27. The molecule has 6 nitrogen and oxygen atoms in total. The van der Waals surface area contributed by atoms with Gasteiger partial charge >= 0.3 is 12.4 Å². The predicted octanol–water partition coefficient (Wildman–Crippen LogP) is 4.76. The molecule has 2 aromatic rings. The van der Waals surface area contributed by atoms with Gasteiger partial charge in [0.05, 0.1) is 0 Å². The van der Waals surface area contributed by atoms with E-state index in [1.165, 1.54) is 11.9 Å². The molecule has 0 bridgehead atoms. The smallest absolute Gasteiger partial charge is 0.378 e. The van der Waals surface area contributed by atoms with Crippen molar-refractivity contribution in [2.24, 2.45) is 0 Å². The topological polar surface area (TPSA) is 61.4 Å². The molecule has 34 heavy (non-hydrogen) atoms. The van der Waals surface area contributed by atoms with Crippen LogP contribution in [0.15, 0.2) is 30.3 Å². The minimum Gasteiger partial charge on any atom is -0.378 e. The summed E-state index contributed by atoms with van der Waals surface area (Å²) in [6, 6.07) is 7.14. The molecule has 12 heteroatoms. The maximum atomic E-state index is 13.1. The van der Waals surface area contributed by atoms with Gasteiger partial charge < -0.3 is 15.1 Å². The lowest BCUT2D eigenvalue weighted by Crippen LogP contribution is -2.43. The standard InChI is InChI=1S/C22H25F6N5O/c1-32(2)15-8-4-13(5-9-15)19(34)29-14-6-10-16(11-7-14)33(3)18-12-17(21(23,24)25)30-20(31-18)22(26,27)28/h4-5,8-9,12,14,16H,6-7,10-11H2,1-3H3,(H,29,34). The van der Waals surface area contributed by atoms with Crippen molar-refractivity contribution < 1.29 is 31.1 Å². The number of carbonyl (C=O) groups excluding carboxylic acids is 1. The Morgan fingerprint density at radius 3 is 2.00 bits per heavy atom. The number of hydrogen-bond acceptors (Lipinski definition) is 5. The Morgan fingerprint density at radius 2 is 1.50 bits per heavy atom. The summed E-state index contributed by atoms with van der Waals surface area (Å²) in [5, 5.41) is 2.95. The lowest BCUT2D eigenvalue weighted by Gasteiger charge is -2.35. The summed E-state index contributed by atoms with van der Waals surface area (Å²) >= 11 is 0. The fourth-order valence-electron chi connectivity index (χ4n) is 3.86. The Morgan fingerprint density at radius 1 is 0.912 bits per heavy atom. The van der Waals surface area contributed by atoms with Gasteiger partial charge in [0.25, 0.3) is 5.91 Å². The molecule has 0 atom stereocenters. The first-order chi connectivity index (χ1) is 15.8. The molecule has 1 fully saturated rings. The van der Waals surface area contributed by atoms with Crippen molar-refractivity contribution in [1.29, 1.82) is 0 Å². The van der Waals surface area contributed by atoms with E-state index in [4.69, 9.17) is 0 Å². The fourth-order valence-corrected chi connectivity index (χ4v) is 3.86. The molecule has 0 unspecified atom stereocenters. The van der Waals surface area contributed by atoms with Gasteiger partial charge in [-0.05, 0) is 49.9 Å². The third kappa shape index (κ3) is 6.09. The molecule has 1 aliphatic carbocycles. The largest absolute Gasteiger partial charge is 0.451 e. The average molecular weight is 489 g/mol. The Hall–Kier alpha value is -3.05. The van der Waals surface area contributed by atoms with Crippen molar-refractivity contribution in [3.8, 4) is 0 Å². The summed E-state index contributed by atoms with van der Waals surface area (Å²) in [7, 11) is 5.19. The summed E-state index contributed by atoms with van der Waals surface area (Å²) in [5.74, 6) is -2.50. The second-order valence-corrected chi connectivity index (χ2v) is 8.46. The van der Waals surface area contributed by atoms with E-state index in [0.29, 0.717) is 37.3 Å². The minimum atomic E-state index is -5.11. The number of benzene rings is 1. The number of hydrogen-bond donors (Lipinski definition) is 1. The second-order valence-electron chi connectivity index (χ2n) is 8.46. The number of aromatic nitrogens is 2. The zero-order valence-corrected chi connectivity index (χ0v) is 18.8. The number of carbonyl (C=O) groups is 1. The van der Waals surface area contributed by atoms with Crippen LogP contribution in [0.4, 0.5) is 37.8 Å². The van der Waals surface area contributed by atoms with Gasteiger partial charge in [-0.2, -0.15) is 26.3 Å². The number of amides is 1. The molecule has 0 aliphatic heterocycles. The van der Waals surface area contributed by atoms with E-state index >= 15 is 0 Å². The number of nitrogens with zero attached hydrogens (tertiary/aromatic N) is 4. The summed E-state index contributed by atoms with van der Waals surface area (Å²) in [5.41, 5.74) is -0.185. The highest BCUT2D eigenvalue weighted by molar-refractivity contribution is 5.94. The first-order valence-corrected chi connectivity index (χ1v) is 10.6. The Labute approximate surface area is 193 Å². The van der Waals surface area contributed by atoms with Crippen molar-refractivity contribution >= 4 is 17.4 Å². The maximum Gasteiger partial charge on any atom is 0.451 e. The van der Waals surface area contributed by atoms with Crippen LogP contribution in [-0.4, -0.2) is 49.1 Å². The van der Waals surface area contributed by atoms with Gasteiger partial charge in [0.15, 0.2) is 5.69 Å². The summed E-state index contributed by atoms with van der Waals surface area (Å²) < 4.78 is 78.5. The molecule has 0 saturated heterocycles. The van der Waals surface area contributed by atoms with Crippen molar-refractivity contribution in [2.75, 3.05) is 30.9 Å². The zero-order valence-electron chi connectivity index (χ0n) is 18.8. The SMILES string of the molecule is CN(C)c1ccc(C(=O)NC2CCC(N(C)c3cc(C(F)(F)F)nc(C(F)(F)F)n3)CC2)cc1. The van der Waals surface area contributed by atoms with Crippen LogP contribution in [-0.2, 0) is 12.4 Å². The van der Waals surface area contributed by atoms with Gasteiger partial charge in [-0.1, -0.05) is 0 Å². The molecule has 0 radical (unpaired) electrons.